The van der Waals surface area contributed by atoms with Crippen LogP contribution < -0.4 is 5.73 Å². The molecule has 2 N–H and O–H groups in total. The Hall–Kier alpha value is -0.0400. The van der Waals surface area contributed by atoms with E-state index < -0.39 is 0 Å². The van der Waals surface area contributed by atoms with Gasteiger partial charge in [0.15, 0.2) is 0 Å². The maximum atomic E-state index is 4.50. The molecular formula is C25H51N. The lowest BCUT2D eigenvalue weighted by atomic mass is 9.39. The molecule has 1 nitrogen and oxygen atoms in total. The van der Waals surface area contributed by atoms with Crippen molar-refractivity contribution in [3.05, 3.63) is 0 Å². The third-order valence-corrected chi connectivity index (χ3v) is 9.53. The van der Waals surface area contributed by atoms with Gasteiger partial charge in [0.1, 0.15) is 0 Å². The Kier molecular flexibility index (Phi) is 8.71. The number of hydrogen-bond acceptors (Lipinski definition) is 1. The maximum Gasteiger partial charge on any atom is -0.0195 e. The lowest BCUT2D eigenvalue weighted by Crippen LogP contribution is -2.57. The zero-order valence-electron chi connectivity index (χ0n) is 19.8. The van der Waals surface area contributed by atoms with Gasteiger partial charge < -0.3 is 5.73 Å². The highest BCUT2D eigenvalue weighted by atomic mass is 14.6. The SMILES string of the molecule is CC.CCC1C2CCC3(C)CCCCC3(C)C2CCC1(C)C(C)C.CN. The van der Waals surface area contributed by atoms with Crippen LogP contribution in [-0.4, -0.2) is 7.05 Å². The van der Waals surface area contributed by atoms with E-state index in [4.69, 9.17) is 0 Å². The van der Waals surface area contributed by atoms with Crippen LogP contribution in [0.3, 0.4) is 0 Å². The van der Waals surface area contributed by atoms with Crippen molar-refractivity contribution >= 4 is 0 Å². The first-order valence-electron chi connectivity index (χ1n) is 11.9. The zero-order chi connectivity index (χ0) is 20.2. The van der Waals surface area contributed by atoms with Crippen molar-refractivity contribution in [3.63, 3.8) is 0 Å². The van der Waals surface area contributed by atoms with Gasteiger partial charge in [-0.1, -0.05) is 74.7 Å². The Balaban J connectivity index is 0.000000791. The van der Waals surface area contributed by atoms with E-state index in [0.29, 0.717) is 16.2 Å². The fraction of sp³-hybridized carbons (Fsp3) is 1.00. The average Bonchev–Trinajstić information content (AvgIpc) is 2.65. The van der Waals surface area contributed by atoms with Crippen LogP contribution in [0.4, 0.5) is 0 Å². The molecule has 3 aliphatic rings. The van der Waals surface area contributed by atoms with Gasteiger partial charge in [0.2, 0.25) is 0 Å². The molecule has 3 saturated carbocycles. The van der Waals surface area contributed by atoms with Gasteiger partial charge in [-0.25, -0.2) is 0 Å². The molecule has 3 aliphatic carbocycles. The number of nitrogens with two attached hydrogens (primary N) is 1. The molecule has 0 aliphatic heterocycles. The normalized spacial score (nSPS) is 44.7. The van der Waals surface area contributed by atoms with Crippen molar-refractivity contribution < 1.29 is 0 Å². The second-order valence-electron chi connectivity index (χ2n) is 10.2. The minimum atomic E-state index is 0.592. The van der Waals surface area contributed by atoms with Gasteiger partial charge in [-0.15, -0.1) is 0 Å². The number of hydrogen-bond donors (Lipinski definition) is 1. The summed E-state index contributed by atoms with van der Waals surface area (Å²) in [5.74, 6) is 3.84. The van der Waals surface area contributed by atoms with Crippen LogP contribution in [0.5, 0.6) is 0 Å². The van der Waals surface area contributed by atoms with E-state index in [-0.39, 0.29) is 0 Å². The summed E-state index contributed by atoms with van der Waals surface area (Å²) in [5.41, 5.74) is 6.38. The van der Waals surface area contributed by atoms with E-state index in [1.54, 1.807) is 0 Å². The first-order valence-corrected chi connectivity index (χ1v) is 11.9. The third kappa shape index (κ3) is 3.76. The van der Waals surface area contributed by atoms with Gasteiger partial charge in [-0.2, -0.15) is 0 Å². The summed E-state index contributed by atoms with van der Waals surface area (Å²) in [6.07, 6.45) is 13.4. The van der Waals surface area contributed by atoms with E-state index in [0.717, 1.165) is 23.7 Å². The van der Waals surface area contributed by atoms with Gasteiger partial charge in [0.05, 0.1) is 0 Å². The van der Waals surface area contributed by atoms with E-state index in [1.807, 2.05) is 13.8 Å². The molecule has 0 bridgehead atoms. The summed E-state index contributed by atoms with van der Waals surface area (Å²) in [7, 11) is 1.50. The molecule has 156 valence electrons. The van der Waals surface area contributed by atoms with Gasteiger partial charge in [-0.3, -0.25) is 0 Å². The minimum Gasteiger partial charge on any atom is -0.333 e. The van der Waals surface area contributed by atoms with Crippen molar-refractivity contribution in [1.29, 1.82) is 0 Å². The predicted molar refractivity (Wildman–Crippen MR) is 118 cm³/mol. The van der Waals surface area contributed by atoms with Crippen LogP contribution in [0.25, 0.3) is 0 Å². The largest absolute Gasteiger partial charge is 0.333 e. The standard InChI is InChI=1S/C22H40.C2H6.CH5N/c1-7-18-17-10-14-20(4)12-8-9-13-22(20,6)19(17)11-15-21(18,5)16(2)3;2*1-2/h16-19H,7-15H2,1-6H3;1-2H3;2H2,1H3. The first-order chi connectivity index (χ1) is 12.3. The monoisotopic (exact) mass is 365 g/mol. The molecule has 0 heterocycles. The summed E-state index contributed by atoms with van der Waals surface area (Å²) in [5, 5.41) is 0. The topological polar surface area (TPSA) is 26.0 Å². The summed E-state index contributed by atoms with van der Waals surface area (Å²) in [6, 6.07) is 0. The molecule has 0 spiro atoms. The lowest BCUT2D eigenvalue weighted by molar-refractivity contribution is -0.161. The Labute approximate surface area is 166 Å². The molecule has 6 unspecified atom stereocenters. The molecule has 0 aromatic carbocycles. The van der Waals surface area contributed by atoms with Crippen LogP contribution in [-0.2, 0) is 0 Å². The fourth-order valence-corrected chi connectivity index (χ4v) is 7.44. The molecule has 0 radical (unpaired) electrons. The van der Waals surface area contributed by atoms with E-state index in [9.17, 15) is 0 Å². The highest BCUT2D eigenvalue weighted by Gasteiger charge is 2.60. The van der Waals surface area contributed by atoms with Crippen LogP contribution in [0.15, 0.2) is 0 Å². The Morgan fingerprint density at radius 1 is 0.885 bits per heavy atom. The number of rotatable bonds is 2. The van der Waals surface area contributed by atoms with Gasteiger partial charge in [-0.05, 0) is 85.5 Å². The molecule has 26 heavy (non-hydrogen) atoms. The van der Waals surface area contributed by atoms with Crippen molar-refractivity contribution in [1.82, 2.24) is 0 Å². The Morgan fingerprint density at radius 2 is 1.46 bits per heavy atom. The Morgan fingerprint density at radius 3 is 2.00 bits per heavy atom. The van der Waals surface area contributed by atoms with Gasteiger partial charge in [0, 0.05) is 0 Å². The molecule has 1 heteroatoms. The second-order valence-corrected chi connectivity index (χ2v) is 10.2. The van der Waals surface area contributed by atoms with Crippen molar-refractivity contribution in [2.45, 2.75) is 113 Å². The molecule has 0 amide bonds. The summed E-state index contributed by atoms with van der Waals surface area (Å²) < 4.78 is 0. The molecule has 0 aromatic heterocycles. The zero-order valence-corrected chi connectivity index (χ0v) is 19.8. The number of fused-ring (bicyclic) bond motifs is 3. The second kappa shape index (κ2) is 9.44. The van der Waals surface area contributed by atoms with Gasteiger partial charge >= 0.3 is 0 Å². The fourth-order valence-electron chi connectivity index (χ4n) is 7.44. The Bertz CT molecular complexity index is 416. The molecule has 0 aromatic rings. The van der Waals surface area contributed by atoms with E-state index in [1.165, 1.54) is 64.8 Å². The molecule has 6 atom stereocenters. The quantitative estimate of drug-likeness (QED) is 0.533. The molecule has 3 fully saturated rings. The molecule has 0 saturated heterocycles. The highest BCUT2D eigenvalue weighted by molar-refractivity contribution is 5.09. The van der Waals surface area contributed by atoms with Crippen molar-refractivity contribution in [3.8, 4) is 0 Å². The first kappa shape index (κ1) is 24.0. The smallest absolute Gasteiger partial charge is 0.0195 e. The van der Waals surface area contributed by atoms with Crippen LogP contribution in [0.2, 0.25) is 0 Å². The van der Waals surface area contributed by atoms with Crippen LogP contribution in [0.1, 0.15) is 113 Å². The van der Waals surface area contributed by atoms with Crippen LogP contribution in [0, 0.1) is 39.9 Å². The summed E-state index contributed by atoms with van der Waals surface area (Å²) in [4.78, 5) is 0. The average molecular weight is 366 g/mol. The predicted octanol–water partition coefficient (Wildman–Crippen LogP) is 7.68. The third-order valence-electron chi connectivity index (χ3n) is 9.53. The van der Waals surface area contributed by atoms with E-state index >= 15 is 0 Å². The minimum absolute atomic E-state index is 0.592. The summed E-state index contributed by atoms with van der Waals surface area (Å²) >= 11 is 0. The lowest BCUT2D eigenvalue weighted by Gasteiger charge is -2.65. The molecular weight excluding hydrogens is 314 g/mol. The summed E-state index contributed by atoms with van der Waals surface area (Å²) in [6.45, 7) is 19.4. The van der Waals surface area contributed by atoms with Crippen molar-refractivity contribution in [2.24, 2.45) is 45.7 Å². The van der Waals surface area contributed by atoms with Crippen molar-refractivity contribution in [2.75, 3.05) is 7.05 Å². The molecule has 3 rings (SSSR count). The highest BCUT2D eigenvalue weighted by Crippen LogP contribution is 2.68. The van der Waals surface area contributed by atoms with E-state index in [2.05, 4.69) is 47.3 Å². The maximum absolute atomic E-state index is 4.50. The van der Waals surface area contributed by atoms with Gasteiger partial charge in [0.25, 0.3) is 0 Å². The van der Waals surface area contributed by atoms with Crippen LogP contribution >= 0.6 is 0 Å².